The number of nitrogens with one attached hydrogen (secondary N) is 1. The highest BCUT2D eigenvalue weighted by Crippen LogP contribution is 2.21. The van der Waals surface area contributed by atoms with Gasteiger partial charge in [0.25, 0.3) is 0 Å². The first-order valence-electron chi connectivity index (χ1n) is 6.90. The highest BCUT2D eigenvalue weighted by molar-refractivity contribution is 4.95. The molecule has 1 fully saturated rings. The fourth-order valence-corrected chi connectivity index (χ4v) is 2.68. The van der Waals surface area contributed by atoms with Crippen LogP contribution in [-0.4, -0.2) is 36.1 Å². The van der Waals surface area contributed by atoms with Crippen LogP contribution in [0.5, 0.6) is 0 Å². The van der Waals surface area contributed by atoms with Crippen LogP contribution in [0.1, 0.15) is 41.0 Å². The average Bonchev–Trinajstić information content (AvgIpc) is 2.28. The number of hydrogen-bond acceptors (Lipinski definition) is 2. The summed E-state index contributed by atoms with van der Waals surface area (Å²) in [5.74, 6) is 4.17. The summed E-state index contributed by atoms with van der Waals surface area (Å²) in [6, 6.07) is 1.72. The van der Waals surface area contributed by atoms with Gasteiger partial charge in [0.05, 0.1) is 0 Å². The van der Waals surface area contributed by atoms with E-state index >= 15 is 0 Å². The largest absolute Gasteiger partial charge is 0.311 e. The third-order valence-electron chi connectivity index (χ3n) is 3.98. The maximum atomic E-state index is 5.46. The molecule has 1 saturated heterocycles. The lowest BCUT2D eigenvalue weighted by Gasteiger charge is -2.46. The number of rotatable bonds is 4. The number of nitrogens with zero attached hydrogens (tertiary/aromatic N) is 1. The van der Waals surface area contributed by atoms with Crippen molar-refractivity contribution in [3.05, 3.63) is 0 Å². The predicted molar refractivity (Wildman–Crippen MR) is 74.9 cm³/mol. The maximum absolute atomic E-state index is 5.46. The van der Waals surface area contributed by atoms with Gasteiger partial charge in [0.15, 0.2) is 0 Å². The molecular formula is C15H28N2. The normalized spacial score (nSPS) is 28.4. The Kier molecular flexibility index (Phi) is 5.49. The molecular weight excluding hydrogens is 208 g/mol. The molecule has 3 unspecified atom stereocenters. The molecule has 0 aromatic carbocycles. The Balaban J connectivity index is 2.73. The molecule has 2 heteroatoms. The quantitative estimate of drug-likeness (QED) is 0.754. The monoisotopic (exact) mass is 236 g/mol. The molecule has 0 aromatic heterocycles. The van der Waals surface area contributed by atoms with Crippen molar-refractivity contribution in [3.8, 4) is 12.3 Å². The van der Waals surface area contributed by atoms with Crippen molar-refractivity contribution >= 4 is 0 Å². The summed E-state index contributed by atoms with van der Waals surface area (Å²) < 4.78 is 0. The average molecular weight is 236 g/mol. The Morgan fingerprint density at radius 2 is 1.88 bits per heavy atom. The van der Waals surface area contributed by atoms with Crippen LogP contribution in [0.4, 0.5) is 0 Å². The molecule has 1 rings (SSSR count). The van der Waals surface area contributed by atoms with Gasteiger partial charge in [-0.1, -0.05) is 27.7 Å². The molecule has 1 N–H and O–H groups in total. The molecule has 0 radical (unpaired) electrons. The van der Waals surface area contributed by atoms with E-state index in [9.17, 15) is 0 Å². The molecule has 1 aliphatic rings. The Morgan fingerprint density at radius 3 is 2.35 bits per heavy atom. The molecule has 0 spiro atoms. The van der Waals surface area contributed by atoms with Gasteiger partial charge >= 0.3 is 0 Å². The van der Waals surface area contributed by atoms with Crippen LogP contribution >= 0.6 is 0 Å². The van der Waals surface area contributed by atoms with Gasteiger partial charge in [-0.2, -0.15) is 0 Å². The second-order valence-electron chi connectivity index (χ2n) is 6.02. The summed E-state index contributed by atoms with van der Waals surface area (Å²) in [4.78, 5) is 2.62. The van der Waals surface area contributed by atoms with Crippen LogP contribution in [0.3, 0.4) is 0 Å². The Hall–Kier alpha value is -0.520. The van der Waals surface area contributed by atoms with Crippen LogP contribution in [-0.2, 0) is 0 Å². The molecule has 0 saturated carbocycles. The van der Waals surface area contributed by atoms with Crippen molar-refractivity contribution in [2.75, 3.05) is 13.1 Å². The molecule has 17 heavy (non-hydrogen) atoms. The van der Waals surface area contributed by atoms with E-state index in [-0.39, 0.29) is 0 Å². The predicted octanol–water partition coefficient (Wildman–Crippen LogP) is 2.35. The van der Waals surface area contributed by atoms with Crippen LogP contribution < -0.4 is 5.32 Å². The molecule has 0 aliphatic carbocycles. The number of piperazine rings is 1. The van der Waals surface area contributed by atoms with E-state index in [1.165, 1.54) is 0 Å². The first-order chi connectivity index (χ1) is 7.97. The zero-order valence-electron chi connectivity index (χ0n) is 12.0. The van der Waals surface area contributed by atoms with E-state index in [2.05, 4.69) is 50.8 Å². The summed E-state index contributed by atoms with van der Waals surface area (Å²) in [6.45, 7) is 13.7. The van der Waals surface area contributed by atoms with Gasteiger partial charge in [-0.3, -0.25) is 4.90 Å². The molecule has 0 amide bonds. The maximum Gasteiger partial charge on any atom is 0.0247 e. The van der Waals surface area contributed by atoms with Crippen molar-refractivity contribution in [3.63, 3.8) is 0 Å². The summed E-state index contributed by atoms with van der Waals surface area (Å²) >= 11 is 0. The number of hydrogen-bond donors (Lipinski definition) is 1. The molecule has 1 heterocycles. The molecule has 0 aromatic rings. The van der Waals surface area contributed by atoms with Crippen molar-refractivity contribution in [2.24, 2.45) is 11.8 Å². The molecule has 98 valence electrons. The van der Waals surface area contributed by atoms with Crippen LogP contribution in [0.25, 0.3) is 0 Å². The van der Waals surface area contributed by atoms with E-state index in [0.717, 1.165) is 19.5 Å². The topological polar surface area (TPSA) is 15.3 Å². The highest BCUT2D eigenvalue weighted by Gasteiger charge is 2.33. The zero-order valence-corrected chi connectivity index (χ0v) is 12.0. The van der Waals surface area contributed by atoms with E-state index in [1.807, 2.05) is 0 Å². The number of terminal acetylenes is 1. The van der Waals surface area contributed by atoms with Gasteiger partial charge in [0.2, 0.25) is 0 Å². The van der Waals surface area contributed by atoms with Gasteiger partial charge in [0, 0.05) is 37.6 Å². The fraction of sp³-hybridized carbons (Fsp3) is 0.867. The molecule has 2 nitrogen and oxygen atoms in total. The van der Waals surface area contributed by atoms with Gasteiger partial charge in [-0.25, -0.2) is 0 Å². The third-order valence-corrected chi connectivity index (χ3v) is 3.98. The van der Waals surface area contributed by atoms with E-state index in [1.54, 1.807) is 0 Å². The zero-order chi connectivity index (χ0) is 13.0. The van der Waals surface area contributed by atoms with Crippen LogP contribution in [0.15, 0.2) is 0 Å². The van der Waals surface area contributed by atoms with Gasteiger partial charge in [-0.15, -0.1) is 12.3 Å². The second kappa shape index (κ2) is 6.42. The highest BCUT2D eigenvalue weighted by atomic mass is 15.3. The minimum absolute atomic E-state index is 0.496. The minimum Gasteiger partial charge on any atom is -0.311 e. The Morgan fingerprint density at radius 1 is 1.24 bits per heavy atom. The van der Waals surface area contributed by atoms with Crippen molar-refractivity contribution in [2.45, 2.75) is 59.2 Å². The minimum atomic E-state index is 0.496. The van der Waals surface area contributed by atoms with E-state index in [4.69, 9.17) is 6.42 Å². The van der Waals surface area contributed by atoms with Gasteiger partial charge in [-0.05, 0) is 18.8 Å². The third kappa shape index (κ3) is 3.72. The lowest BCUT2D eigenvalue weighted by molar-refractivity contribution is 0.0535. The summed E-state index contributed by atoms with van der Waals surface area (Å²) in [7, 11) is 0. The van der Waals surface area contributed by atoms with Crippen molar-refractivity contribution in [1.29, 1.82) is 0 Å². The van der Waals surface area contributed by atoms with Crippen molar-refractivity contribution < 1.29 is 0 Å². The lowest BCUT2D eigenvalue weighted by atomic mass is 9.92. The van der Waals surface area contributed by atoms with E-state index < -0.39 is 0 Å². The van der Waals surface area contributed by atoms with E-state index in [0.29, 0.717) is 30.0 Å². The standard InChI is InChI=1S/C15H28N2/c1-7-8-13(6)17-10-14(11(2)3)16-9-15(17)12(4)5/h1,11-16H,8-10H2,2-6H3. The SMILES string of the molecule is C#CCC(C)N1CC(C(C)C)NCC1C(C)C. The second-order valence-corrected chi connectivity index (χ2v) is 6.02. The molecule has 1 aliphatic heterocycles. The smallest absolute Gasteiger partial charge is 0.0247 e. The molecule has 0 bridgehead atoms. The first-order valence-corrected chi connectivity index (χ1v) is 6.90. The van der Waals surface area contributed by atoms with Gasteiger partial charge < -0.3 is 5.32 Å². The first kappa shape index (κ1) is 14.5. The lowest BCUT2D eigenvalue weighted by Crippen LogP contribution is -2.61. The Labute approximate surface area is 107 Å². The fourth-order valence-electron chi connectivity index (χ4n) is 2.68. The van der Waals surface area contributed by atoms with Crippen LogP contribution in [0, 0.1) is 24.2 Å². The summed E-state index contributed by atoms with van der Waals surface area (Å²) in [5, 5.41) is 3.68. The van der Waals surface area contributed by atoms with Gasteiger partial charge in [0.1, 0.15) is 0 Å². The summed E-state index contributed by atoms with van der Waals surface area (Å²) in [5.41, 5.74) is 0. The van der Waals surface area contributed by atoms with Crippen LogP contribution in [0.2, 0.25) is 0 Å². The van der Waals surface area contributed by atoms with Crippen molar-refractivity contribution in [1.82, 2.24) is 10.2 Å². The molecule has 3 atom stereocenters. The summed E-state index contributed by atoms with van der Waals surface area (Å²) in [6.07, 6.45) is 6.32. The Bertz CT molecular complexity index is 265.